The molecular formula is C13H10Cl2FN3O2. The summed E-state index contributed by atoms with van der Waals surface area (Å²) in [7, 11) is 0. The van der Waals surface area contributed by atoms with Crippen molar-refractivity contribution >= 4 is 29.1 Å². The van der Waals surface area contributed by atoms with E-state index in [-0.39, 0.29) is 29.0 Å². The standard InChI is InChI=1S/C13H10Cl2FN3O2/c14-10-6-18-19(13(21)12(10)15)7-11(20)17-5-8-1-3-9(16)4-2-8/h1-4,6H,5,7H2,(H,17,20). The number of nitrogens with zero attached hydrogens (tertiary/aromatic N) is 2. The smallest absolute Gasteiger partial charge is 0.287 e. The molecule has 0 saturated heterocycles. The minimum Gasteiger partial charge on any atom is -0.350 e. The van der Waals surface area contributed by atoms with Crippen LogP contribution < -0.4 is 10.9 Å². The molecule has 1 aromatic carbocycles. The number of nitrogens with one attached hydrogen (secondary N) is 1. The minimum absolute atomic E-state index is 0.0321. The van der Waals surface area contributed by atoms with Crippen LogP contribution in [0.1, 0.15) is 5.56 Å². The van der Waals surface area contributed by atoms with E-state index < -0.39 is 11.5 Å². The van der Waals surface area contributed by atoms with Crippen molar-refractivity contribution < 1.29 is 9.18 Å². The van der Waals surface area contributed by atoms with E-state index in [2.05, 4.69) is 10.4 Å². The van der Waals surface area contributed by atoms with Gasteiger partial charge in [-0.3, -0.25) is 9.59 Å². The van der Waals surface area contributed by atoms with Gasteiger partial charge < -0.3 is 5.32 Å². The first-order valence-corrected chi connectivity index (χ1v) is 6.65. The van der Waals surface area contributed by atoms with E-state index in [9.17, 15) is 14.0 Å². The molecule has 1 aromatic heterocycles. The fraction of sp³-hybridized carbons (Fsp3) is 0.154. The monoisotopic (exact) mass is 329 g/mol. The summed E-state index contributed by atoms with van der Waals surface area (Å²) >= 11 is 11.3. The van der Waals surface area contributed by atoms with Crippen molar-refractivity contribution in [3.8, 4) is 0 Å². The normalized spacial score (nSPS) is 10.4. The van der Waals surface area contributed by atoms with Gasteiger partial charge in [-0.05, 0) is 17.7 Å². The summed E-state index contributed by atoms with van der Waals surface area (Å²) in [6, 6.07) is 5.71. The lowest BCUT2D eigenvalue weighted by Gasteiger charge is -2.07. The summed E-state index contributed by atoms with van der Waals surface area (Å²) in [6.07, 6.45) is 1.19. The second-order valence-corrected chi connectivity index (χ2v) is 4.96. The van der Waals surface area contributed by atoms with Crippen LogP contribution in [-0.2, 0) is 17.9 Å². The summed E-state index contributed by atoms with van der Waals surface area (Å²) in [5, 5.41) is 6.16. The minimum atomic E-state index is -0.638. The highest BCUT2D eigenvalue weighted by Crippen LogP contribution is 2.14. The second kappa shape index (κ2) is 6.69. The van der Waals surface area contributed by atoms with Crippen LogP contribution in [0.25, 0.3) is 0 Å². The van der Waals surface area contributed by atoms with Gasteiger partial charge in [0.1, 0.15) is 17.4 Å². The molecule has 0 aliphatic carbocycles. The lowest BCUT2D eigenvalue weighted by Crippen LogP contribution is -2.33. The number of rotatable bonds is 4. The number of hydrogen-bond acceptors (Lipinski definition) is 3. The van der Waals surface area contributed by atoms with Crippen LogP contribution in [0.5, 0.6) is 0 Å². The molecule has 0 fully saturated rings. The van der Waals surface area contributed by atoms with Crippen molar-refractivity contribution in [2.75, 3.05) is 0 Å². The molecule has 5 nitrogen and oxygen atoms in total. The van der Waals surface area contributed by atoms with Crippen LogP contribution in [0, 0.1) is 5.82 Å². The molecule has 0 unspecified atom stereocenters. The van der Waals surface area contributed by atoms with Crippen LogP contribution in [0.15, 0.2) is 35.3 Å². The molecule has 0 atom stereocenters. The Labute approximate surface area is 129 Å². The fourth-order valence-electron chi connectivity index (χ4n) is 1.55. The third-order valence-electron chi connectivity index (χ3n) is 2.64. The molecule has 0 aliphatic rings. The molecule has 110 valence electrons. The van der Waals surface area contributed by atoms with Gasteiger partial charge in [-0.25, -0.2) is 9.07 Å². The Morgan fingerprint density at radius 3 is 2.62 bits per heavy atom. The largest absolute Gasteiger partial charge is 0.350 e. The van der Waals surface area contributed by atoms with Gasteiger partial charge in [-0.2, -0.15) is 5.10 Å². The maximum atomic E-state index is 12.7. The van der Waals surface area contributed by atoms with Gasteiger partial charge >= 0.3 is 0 Å². The summed E-state index contributed by atoms with van der Waals surface area (Å²) in [4.78, 5) is 23.4. The molecule has 0 saturated carbocycles. The highest BCUT2D eigenvalue weighted by Gasteiger charge is 2.10. The Kier molecular flexibility index (Phi) is 4.93. The van der Waals surface area contributed by atoms with Crippen LogP contribution in [-0.4, -0.2) is 15.7 Å². The molecule has 0 radical (unpaired) electrons. The summed E-state index contributed by atoms with van der Waals surface area (Å²) in [5.74, 6) is -0.774. The molecule has 2 aromatic rings. The number of carbonyl (C=O) groups is 1. The lowest BCUT2D eigenvalue weighted by atomic mass is 10.2. The highest BCUT2D eigenvalue weighted by molar-refractivity contribution is 6.41. The van der Waals surface area contributed by atoms with Crippen molar-refractivity contribution in [3.63, 3.8) is 0 Å². The summed E-state index contributed by atoms with van der Waals surface area (Å²) < 4.78 is 13.6. The number of halogens is 3. The van der Waals surface area contributed by atoms with Crippen LogP contribution in [0.3, 0.4) is 0 Å². The van der Waals surface area contributed by atoms with Crippen LogP contribution in [0.2, 0.25) is 10.0 Å². The zero-order valence-electron chi connectivity index (χ0n) is 10.6. The van der Waals surface area contributed by atoms with Gasteiger partial charge in [0, 0.05) is 6.54 Å². The van der Waals surface area contributed by atoms with E-state index in [0.29, 0.717) is 0 Å². The molecule has 21 heavy (non-hydrogen) atoms. The van der Waals surface area contributed by atoms with E-state index >= 15 is 0 Å². The molecule has 1 amide bonds. The maximum absolute atomic E-state index is 12.7. The Hall–Kier alpha value is -1.92. The van der Waals surface area contributed by atoms with Crippen LogP contribution in [0.4, 0.5) is 4.39 Å². The average molecular weight is 330 g/mol. The third-order valence-corrected chi connectivity index (χ3v) is 3.39. The van der Waals surface area contributed by atoms with Crippen molar-refractivity contribution in [2.45, 2.75) is 13.1 Å². The molecule has 8 heteroatoms. The number of hydrogen-bond donors (Lipinski definition) is 1. The Morgan fingerprint density at radius 1 is 1.29 bits per heavy atom. The predicted molar refractivity (Wildman–Crippen MR) is 76.8 cm³/mol. The van der Waals surface area contributed by atoms with Gasteiger partial charge in [0.05, 0.1) is 11.2 Å². The number of carbonyl (C=O) groups excluding carboxylic acids is 1. The molecule has 1 heterocycles. The van der Waals surface area contributed by atoms with E-state index in [1.54, 1.807) is 12.1 Å². The first-order chi connectivity index (χ1) is 9.97. The summed E-state index contributed by atoms with van der Waals surface area (Å²) in [5.41, 5.74) is 0.0975. The molecule has 0 spiro atoms. The number of aromatic nitrogens is 2. The van der Waals surface area contributed by atoms with Gasteiger partial charge in [0.2, 0.25) is 5.91 Å². The van der Waals surface area contributed by atoms with Gasteiger partial charge in [0.25, 0.3) is 5.56 Å². The van der Waals surface area contributed by atoms with E-state index in [1.807, 2.05) is 0 Å². The van der Waals surface area contributed by atoms with Gasteiger partial charge in [-0.1, -0.05) is 35.3 Å². The van der Waals surface area contributed by atoms with Crippen molar-refractivity contribution in [1.29, 1.82) is 0 Å². The zero-order valence-corrected chi connectivity index (χ0v) is 12.2. The second-order valence-electron chi connectivity index (χ2n) is 4.17. The average Bonchev–Trinajstić information content (AvgIpc) is 2.47. The topological polar surface area (TPSA) is 64.0 Å². The van der Waals surface area contributed by atoms with E-state index in [1.165, 1.54) is 18.3 Å². The number of amides is 1. The predicted octanol–water partition coefficient (Wildman–Crippen LogP) is 2.01. The van der Waals surface area contributed by atoms with Crippen molar-refractivity contribution in [1.82, 2.24) is 15.1 Å². The van der Waals surface area contributed by atoms with Gasteiger partial charge in [-0.15, -0.1) is 0 Å². The zero-order chi connectivity index (χ0) is 15.4. The SMILES string of the molecule is O=C(Cn1ncc(Cl)c(Cl)c1=O)NCc1ccc(F)cc1. The van der Waals surface area contributed by atoms with E-state index in [4.69, 9.17) is 23.2 Å². The first-order valence-electron chi connectivity index (χ1n) is 5.89. The van der Waals surface area contributed by atoms with Crippen molar-refractivity contribution in [2.24, 2.45) is 0 Å². The molecule has 2 rings (SSSR count). The first kappa shape index (κ1) is 15.5. The number of benzene rings is 1. The lowest BCUT2D eigenvalue weighted by molar-refractivity contribution is -0.122. The molecule has 1 N–H and O–H groups in total. The van der Waals surface area contributed by atoms with Crippen LogP contribution >= 0.6 is 23.2 Å². The molecular weight excluding hydrogens is 320 g/mol. The van der Waals surface area contributed by atoms with Crippen molar-refractivity contribution in [3.05, 3.63) is 62.2 Å². The molecule has 0 bridgehead atoms. The fourth-order valence-corrected chi connectivity index (χ4v) is 1.82. The quantitative estimate of drug-likeness (QED) is 0.933. The highest BCUT2D eigenvalue weighted by atomic mass is 35.5. The van der Waals surface area contributed by atoms with Gasteiger partial charge in [0.15, 0.2) is 0 Å². The Balaban J connectivity index is 1.98. The Morgan fingerprint density at radius 2 is 1.95 bits per heavy atom. The summed E-state index contributed by atoms with van der Waals surface area (Å²) in [6.45, 7) is -0.0634. The molecule has 0 aliphatic heterocycles. The maximum Gasteiger partial charge on any atom is 0.287 e. The third kappa shape index (κ3) is 4.03. The van der Waals surface area contributed by atoms with E-state index in [0.717, 1.165) is 10.2 Å². The Bertz CT molecular complexity index is 716.